The molecule has 3 nitrogen and oxygen atoms in total. The van der Waals surface area contributed by atoms with Gasteiger partial charge in [0.1, 0.15) is 0 Å². The fourth-order valence-electron chi connectivity index (χ4n) is 4.73. The zero-order chi connectivity index (χ0) is 17.2. The van der Waals surface area contributed by atoms with E-state index in [1.165, 1.54) is 60.8 Å². The van der Waals surface area contributed by atoms with Gasteiger partial charge in [-0.1, -0.05) is 25.0 Å². The standard InChI is InChI=1S/C21H28N2OS/c1-22(18-8-2-3-9-19(18)23-12-4-5-13-23)21(24)15-16-7-6-10-20-17(16)11-14-25-20/h6-7,10-11,14,18-19H,2-5,8-9,12-13,15H2,1H3/t18?,19-/m0/s1. The average molecular weight is 357 g/mol. The Balaban J connectivity index is 1.49. The van der Waals surface area contributed by atoms with E-state index in [4.69, 9.17) is 0 Å². The molecule has 2 aliphatic rings. The van der Waals surface area contributed by atoms with E-state index in [0.717, 1.165) is 6.42 Å². The third-order valence-electron chi connectivity index (χ3n) is 6.12. The summed E-state index contributed by atoms with van der Waals surface area (Å²) in [6, 6.07) is 9.44. The molecule has 1 aromatic heterocycles. The van der Waals surface area contributed by atoms with Crippen molar-refractivity contribution in [3.05, 3.63) is 35.2 Å². The van der Waals surface area contributed by atoms with Crippen LogP contribution in [0, 0.1) is 0 Å². The van der Waals surface area contributed by atoms with Crippen LogP contribution in [0.1, 0.15) is 44.1 Å². The quantitative estimate of drug-likeness (QED) is 0.815. The number of likely N-dealkylation sites (N-methyl/N-ethyl adjacent to an activating group) is 1. The summed E-state index contributed by atoms with van der Waals surface area (Å²) in [6.45, 7) is 2.44. The van der Waals surface area contributed by atoms with E-state index in [0.29, 0.717) is 18.5 Å². The molecule has 134 valence electrons. The largest absolute Gasteiger partial charge is 0.341 e. The zero-order valence-electron chi connectivity index (χ0n) is 15.1. The van der Waals surface area contributed by atoms with Crippen molar-refractivity contribution in [2.24, 2.45) is 0 Å². The van der Waals surface area contributed by atoms with Gasteiger partial charge in [0.05, 0.1) is 6.42 Å². The normalized spacial score (nSPS) is 24.7. The third kappa shape index (κ3) is 3.47. The molecule has 1 aromatic carbocycles. The van der Waals surface area contributed by atoms with E-state index < -0.39 is 0 Å². The lowest BCUT2D eigenvalue weighted by Crippen LogP contribution is -2.53. The van der Waals surface area contributed by atoms with Crippen LogP contribution in [0.5, 0.6) is 0 Å². The molecule has 4 heteroatoms. The molecule has 1 aliphatic heterocycles. The van der Waals surface area contributed by atoms with Gasteiger partial charge in [0.15, 0.2) is 0 Å². The predicted octanol–water partition coefficient (Wildman–Crippen LogP) is 4.31. The van der Waals surface area contributed by atoms with Gasteiger partial charge in [-0.05, 0) is 67.2 Å². The smallest absolute Gasteiger partial charge is 0.227 e. The molecule has 1 saturated carbocycles. The highest BCUT2D eigenvalue weighted by Gasteiger charge is 2.35. The molecule has 0 radical (unpaired) electrons. The van der Waals surface area contributed by atoms with Gasteiger partial charge in [-0.15, -0.1) is 11.3 Å². The molecule has 0 N–H and O–H groups in total. The van der Waals surface area contributed by atoms with Crippen LogP contribution in [0.4, 0.5) is 0 Å². The van der Waals surface area contributed by atoms with Crippen LogP contribution >= 0.6 is 11.3 Å². The molecule has 1 aliphatic carbocycles. The van der Waals surface area contributed by atoms with Crippen molar-refractivity contribution in [1.29, 1.82) is 0 Å². The SMILES string of the molecule is CN(C(=O)Cc1cccc2sccc12)C1CCCC[C@@H]1N1CCCC1. The van der Waals surface area contributed by atoms with Crippen molar-refractivity contribution in [1.82, 2.24) is 9.80 Å². The van der Waals surface area contributed by atoms with Crippen LogP contribution in [0.3, 0.4) is 0 Å². The Bertz CT molecular complexity index is 734. The van der Waals surface area contributed by atoms with E-state index in [-0.39, 0.29) is 5.91 Å². The molecule has 2 fully saturated rings. The summed E-state index contributed by atoms with van der Waals surface area (Å²) in [5.74, 6) is 0.273. The molecule has 2 heterocycles. The van der Waals surface area contributed by atoms with Gasteiger partial charge in [-0.2, -0.15) is 0 Å². The van der Waals surface area contributed by atoms with Crippen molar-refractivity contribution < 1.29 is 4.79 Å². The number of rotatable bonds is 4. The number of nitrogens with zero attached hydrogens (tertiary/aromatic N) is 2. The molecular formula is C21H28N2OS. The lowest BCUT2D eigenvalue weighted by molar-refractivity contribution is -0.133. The first-order valence-corrected chi connectivity index (χ1v) is 10.6. The van der Waals surface area contributed by atoms with Gasteiger partial charge in [0, 0.05) is 23.8 Å². The van der Waals surface area contributed by atoms with Gasteiger partial charge >= 0.3 is 0 Å². The predicted molar refractivity (Wildman–Crippen MR) is 105 cm³/mol. The molecule has 1 unspecified atom stereocenters. The second kappa shape index (κ2) is 7.46. The summed E-state index contributed by atoms with van der Waals surface area (Å²) in [4.78, 5) is 17.8. The maximum atomic E-state index is 13.0. The molecule has 2 aromatic rings. The van der Waals surface area contributed by atoms with Gasteiger partial charge < -0.3 is 4.90 Å². The molecule has 1 amide bonds. The van der Waals surface area contributed by atoms with Crippen molar-refractivity contribution in [2.45, 2.75) is 57.0 Å². The number of carbonyl (C=O) groups is 1. The Kier molecular flexibility index (Phi) is 5.09. The van der Waals surface area contributed by atoms with E-state index in [1.807, 2.05) is 7.05 Å². The minimum Gasteiger partial charge on any atom is -0.341 e. The van der Waals surface area contributed by atoms with Crippen LogP contribution in [0.15, 0.2) is 29.6 Å². The first-order chi connectivity index (χ1) is 12.2. The fourth-order valence-corrected chi connectivity index (χ4v) is 5.56. The van der Waals surface area contributed by atoms with Crippen molar-refractivity contribution in [3.63, 3.8) is 0 Å². The lowest BCUT2D eigenvalue weighted by atomic mass is 9.88. The van der Waals surface area contributed by atoms with Crippen LogP contribution in [0.25, 0.3) is 10.1 Å². The first-order valence-electron chi connectivity index (χ1n) is 9.69. The maximum absolute atomic E-state index is 13.0. The molecular weight excluding hydrogens is 328 g/mol. The summed E-state index contributed by atoms with van der Waals surface area (Å²) in [5.41, 5.74) is 1.17. The maximum Gasteiger partial charge on any atom is 0.227 e. The Morgan fingerprint density at radius 1 is 1.16 bits per heavy atom. The average Bonchev–Trinajstić information content (AvgIpc) is 3.33. The summed E-state index contributed by atoms with van der Waals surface area (Å²) in [7, 11) is 2.04. The minimum absolute atomic E-state index is 0.273. The number of hydrogen-bond donors (Lipinski definition) is 0. The Hall–Kier alpha value is -1.39. The van der Waals surface area contributed by atoms with Crippen molar-refractivity contribution in [2.75, 3.05) is 20.1 Å². The highest BCUT2D eigenvalue weighted by atomic mass is 32.1. The first kappa shape index (κ1) is 17.0. The summed E-state index contributed by atoms with van der Waals surface area (Å²) < 4.78 is 1.28. The van der Waals surface area contributed by atoms with Crippen molar-refractivity contribution >= 4 is 27.3 Å². The highest BCUT2D eigenvalue weighted by Crippen LogP contribution is 2.30. The number of carbonyl (C=O) groups excluding carboxylic acids is 1. The van der Waals surface area contributed by atoms with Crippen molar-refractivity contribution in [3.8, 4) is 0 Å². The van der Waals surface area contributed by atoms with Crippen LogP contribution in [-0.4, -0.2) is 47.9 Å². The topological polar surface area (TPSA) is 23.6 Å². The van der Waals surface area contributed by atoms with E-state index in [2.05, 4.69) is 39.4 Å². The summed E-state index contributed by atoms with van der Waals surface area (Å²) in [5, 5.41) is 3.36. The number of hydrogen-bond acceptors (Lipinski definition) is 3. The van der Waals surface area contributed by atoms with Gasteiger partial charge in [0.25, 0.3) is 0 Å². The molecule has 0 bridgehead atoms. The molecule has 1 saturated heterocycles. The number of thiophene rings is 1. The Labute approximate surface area is 154 Å². The molecule has 0 spiro atoms. The second-order valence-electron chi connectivity index (χ2n) is 7.59. The van der Waals surface area contributed by atoms with E-state index >= 15 is 0 Å². The highest BCUT2D eigenvalue weighted by molar-refractivity contribution is 7.17. The third-order valence-corrected chi connectivity index (χ3v) is 7.00. The van der Waals surface area contributed by atoms with Crippen LogP contribution in [-0.2, 0) is 11.2 Å². The number of benzene rings is 1. The summed E-state index contributed by atoms with van der Waals surface area (Å²) >= 11 is 1.75. The van der Waals surface area contributed by atoms with Gasteiger partial charge in [0.2, 0.25) is 5.91 Å². The fraction of sp³-hybridized carbons (Fsp3) is 0.571. The van der Waals surface area contributed by atoms with Gasteiger partial charge in [-0.3, -0.25) is 9.69 Å². The molecule has 2 atom stereocenters. The van der Waals surface area contributed by atoms with Crippen LogP contribution < -0.4 is 0 Å². The lowest BCUT2D eigenvalue weighted by Gasteiger charge is -2.42. The van der Waals surface area contributed by atoms with E-state index in [9.17, 15) is 4.79 Å². The summed E-state index contributed by atoms with van der Waals surface area (Å²) in [6.07, 6.45) is 8.14. The Morgan fingerprint density at radius 3 is 2.80 bits per heavy atom. The zero-order valence-corrected chi connectivity index (χ0v) is 15.9. The number of likely N-dealkylation sites (tertiary alicyclic amines) is 1. The van der Waals surface area contributed by atoms with Gasteiger partial charge in [-0.25, -0.2) is 0 Å². The van der Waals surface area contributed by atoms with E-state index in [1.54, 1.807) is 11.3 Å². The molecule has 25 heavy (non-hydrogen) atoms. The van der Waals surface area contributed by atoms with Crippen LogP contribution in [0.2, 0.25) is 0 Å². The Morgan fingerprint density at radius 2 is 1.96 bits per heavy atom. The molecule has 4 rings (SSSR count). The minimum atomic E-state index is 0.273. The number of amides is 1. The monoisotopic (exact) mass is 356 g/mol. The number of fused-ring (bicyclic) bond motifs is 1. The second-order valence-corrected chi connectivity index (χ2v) is 8.54.